The molecule has 2 aliphatic heterocycles. The van der Waals surface area contributed by atoms with Crippen molar-refractivity contribution < 1.29 is 19.1 Å². The Morgan fingerprint density at radius 3 is 2.68 bits per heavy atom. The summed E-state index contributed by atoms with van der Waals surface area (Å²) < 4.78 is 10.4. The van der Waals surface area contributed by atoms with Crippen molar-refractivity contribution in [1.29, 1.82) is 0 Å². The molecule has 2 atom stereocenters. The van der Waals surface area contributed by atoms with Crippen molar-refractivity contribution in [1.82, 2.24) is 10.2 Å². The van der Waals surface area contributed by atoms with Crippen LogP contribution in [0.3, 0.4) is 0 Å². The number of benzene rings is 1. The molecule has 148 valence electrons. The second kappa shape index (κ2) is 7.00. The Morgan fingerprint density at radius 2 is 2.04 bits per heavy atom. The number of rotatable bonds is 5. The van der Waals surface area contributed by atoms with E-state index in [-0.39, 0.29) is 17.2 Å². The van der Waals surface area contributed by atoms with Crippen LogP contribution in [-0.2, 0) is 11.3 Å². The highest BCUT2D eigenvalue weighted by molar-refractivity contribution is 8.01. The normalized spacial score (nSPS) is 22.0. The van der Waals surface area contributed by atoms with Crippen molar-refractivity contribution in [2.45, 2.75) is 36.6 Å². The standard InChI is InChI=1S/C20H22N2O4S2/c1-20(2)16(17(23)21-10-11-6-5-9-27-11)22-18(24)14-12(19(22)28-20)7-8-13(25-3)15(14)26-4/h5-9,16,19H,10H2,1-4H3,(H,21,23). The Labute approximate surface area is 172 Å². The summed E-state index contributed by atoms with van der Waals surface area (Å²) in [6, 6.07) is 7.08. The van der Waals surface area contributed by atoms with Crippen LogP contribution in [0.4, 0.5) is 0 Å². The van der Waals surface area contributed by atoms with E-state index in [1.165, 1.54) is 7.11 Å². The lowest BCUT2D eigenvalue weighted by Gasteiger charge is -2.29. The van der Waals surface area contributed by atoms with Crippen molar-refractivity contribution in [2.75, 3.05) is 14.2 Å². The van der Waals surface area contributed by atoms with Gasteiger partial charge in [-0.1, -0.05) is 12.1 Å². The van der Waals surface area contributed by atoms with Crippen LogP contribution in [0.2, 0.25) is 0 Å². The van der Waals surface area contributed by atoms with Gasteiger partial charge in [-0.25, -0.2) is 0 Å². The molecule has 2 aromatic rings. The maximum absolute atomic E-state index is 13.4. The van der Waals surface area contributed by atoms with E-state index in [2.05, 4.69) is 5.32 Å². The van der Waals surface area contributed by atoms with Gasteiger partial charge in [0.1, 0.15) is 11.4 Å². The monoisotopic (exact) mass is 418 g/mol. The first-order valence-corrected chi connectivity index (χ1v) is 10.7. The molecule has 0 saturated carbocycles. The third-order valence-electron chi connectivity index (χ3n) is 5.16. The second-order valence-corrected chi connectivity index (χ2v) is 10.0. The SMILES string of the molecule is COc1ccc2c(c1OC)C(=O)N1C2SC(C)(C)C1C(=O)NCc1cccs1. The van der Waals surface area contributed by atoms with Crippen LogP contribution in [0.5, 0.6) is 11.5 Å². The average Bonchev–Trinajstić information content (AvgIpc) is 3.34. The highest BCUT2D eigenvalue weighted by Gasteiger charge is 2.58. The number of fused-ring (bicyclic) bond motifs is 3. The van der Waals surface area contributed by atoms with Crippen LogP contribution in [0.25, 0.3) is 0 Å². The average molecular weight is 419 g/mol. The molecule has 1 aromatic carbocycles. The van der Waals surface area contributed by atoms with E-state index in [1.54, 1.807) is 35.1 Å². The molecule has 0 radical (unpaired) electrons. The summed E-state index contributed by atoms with van der Waals surface area (Å²) in [6.07, 6.45) is 0. The number of nitrogens with zero attached hydrogens (tertiary/aromatic N) is 1. The van der Waals surface area contributed by atoms with E-state index >= 15 is 0 Å². The summed E-state index contributed by atoms with van der Waals surface area (Å²) >= 11 is 3.22. The molecule has 0 aliphatic carbocycles. The lowest BCUT2D eigenvalue weighted by Crippen LogP contribution is -2.52. The number of methoxy groups -OCH3 is 2. The summed E-state index contributed by atoms with van der Waals surface area (Å²) in [4.78, 5) is 29.2. The molecule has 6 nitrogen and oxygen atoms in total. The number of hydrogen-bond acceptors (Lipinski definition) is 6. The van der Waals surface area contributed by atoms with E-state index in [0.29, 0.717) is 23.6 Å². The lowest BCUT2D eigenvalue weighted by atomic mass is 10.0. The molecule has 1 N–H and O–H groups in total. The van der Waals surface area contributed by atoms with E-state index in [9.17, 15) is 9.59 Å². The molecular formula is C20H22N2O4S2. The first kappa shape index (κ1) is 19.1. The van der Waals surface area contributed by atoms with Gasteiger partial charge in [0.2, 0.25) is 5.91 Å². The van der Waals surface area contributed by atoms with Crippen molar-refractivity contribution in [3.63, 3.8) is 0 Å². The molecule has 0 bridgehead atoms. The van der Waals surface area contributed by atoms with Gasteiger partial charge in [0.25, 0.3) is 5.91 Å². The number of thiophene rings is 1. The summed E-state index contributed by atoms with van der Waals surface area (Å²) in [5, 5.41) is 4.77. The summed E-state index contributed by atoms with van der Waals surface area (Å²) in [5.41, 5.74) is 1.36. The fourth-order valence-corrected chi connectivity index (χ4v) is 6.16. The number of carbonyl (C=O) groups is 2. The van der Waals surface area contributed by atoms with E-state index in [4.69, 9.17) is 9.47 Å². The predicted molar refractivity (Wildman–Crippen MR) is 110 cm³/mol. The smallest absolute Gasteiger partial charge is 0.260 e. The quantitative estimate of drug-likeness (QED) is 0.806. The van der Waals surface area contributed by atoms with Crippen LogP contribution in [-0.4, -0.2) is 41.7 Å². The Kier molecular flexibility index (Phi) is 4.79. The van der Waals surface area contributed by atoms with Gasteiger partial charge < -0.3 is 19.7 Å². The highest BCUT2D eigenvalue weighted by Crippen LogP contribution is 2.58. The minimum Gasteiger partial charge on any atom is -0.493 e. The molecule has 8 heteroatoms. The fourth-order valence-electron chi connectivity index (χ4n) is 3.94. The van der Waals surface area contributed by atoms with Gasteiger partial charge >= 0.3 is 0 Å². The Bertz CT molecular complexity index is 927. The third kappa shape index (κ3) is 2.86. The Hall–Kier alpha value is -2.19. The number of carbonyl (C=O) groups excluding carboxylic acids is 2. The van der Waals surface area contributed by atoms with Crippen LogP contribution < -0.4 is 14.8 Å². The van der Waals surface area contributed by atoms with Crippen LogP contribution in [0.15, 0.2) is 29.6 Å². The third-order valence-corrected chi connectivity index (χ3v) is 7.57. The minimum atomic E-state index is -0.571. The minimum absolute atomic E-state index is 0.138. The number of thioether (sulfide) groups is 1. The molecule has 1 saturated heterocycles. The van der Waals surface area contributed by atoms with Crippen LogP contribution in [0, 0.1) is 0 Å². The van der Waals surface area contributed by atoms with Gasteiger partial charge in [0.15, 0.2) is 11.5 Å². The summed E-state index contributed by atoms with van der Waals surface area (Å²) in [7, 11) is 3.07. The molecule has 0 spiro atoms. The van der Waals surface area contributed by atoms with Gasteiger partial charge in [0, 0.05) is 15.2 Å². The second-order valence-electron chi connectivity index (χ2n) is 7.25. The number of ether oxygens (including phenoxy) is 2. The zero-order valence-corrected chi connectivity index (χ0v) is 17.8. The van der Waals surface area contributed by atoms with E-state index in [1.807, 2.05) is 43.5 Å². The Morgan fingerprint density at radius 1 is 1.25 bits per heavy atom. The van der Waals surface area contributed by atoms with Crippen molar-refractivity contribution in [3.8, 4) is 11.5 Å². The van der Waals surface area contributed by atoms with Gasteiger partial charge in [-0.3, -0.25) is 9.59 Å². The topological polar surface area (TPSA) is 67.9 Å². The van der Waals surface area contributed by atoms with E-state index in [0.717, 1.165) is 10.4 Å². The zero-order chi connectivity index (χ0) is 20.1. The number of amides is 2. The molecule has 3 heterocycles. The van der Waals surface area contributed by atoms with Gasteiger partial charge in [-0.05, 0) is 31.4 Å². The molecule has 2 aliphatic rings. The van der Waals surface area contributed by atoms with Crippen molar-refractivity contribution in [2.24, 2.45) is 0 Å². The molecule has 4 rings (SSSR count). The first-order valence-electron chi connectivity index (χ1n) is 8.94. The molecule has 1 fully saturated rings. The van der Waals surface area contributed by atoms with Crippen molar-refractivity contribution >= 4 is 34.9 Å². The maximum Gasteiger partial charge on any atom is 0.260 e. The molecule has 2 unspecified atom stereocenters. The number of nitrogens with one attached hydrogen (secondary N) is 1. The molecule has 28 heavy (non-hydrogen) atoms. The molecule has 2 amide bonds. The maximum atomic E-state index is 13.4. The summed E-state index contributed by atoms with van der Waals surface area (Å²) in [6.45, 7) is 4.49. The van der Waals surface area contributed by atoms with Gasteiger partial charge in [-0.15, -0.1) is 23.1 Å². The van der Waals surface area contributed by atoms with E-state index < -0.39 is 10.8 Å². The Balaban J connectivity index is 1.67. The predicted octanol–water partition coefficient (Wildman–Crippen LogP) is 3.43. The fraction of sp³-hybridized carbons (Fsp3) is 0.400. The summed E-state index contributed by atoms with van der Waals surface area (Å²) in [5.74, 6) is 0.611. The van der Waals surface area contributed by atoms with Crippen LogP contribution >= 0.6 is 23.1 Å². The highest BCUT2D eigenvalue weighted by atomic mass is 32.2. The molecular weight excluding hydrogens is 396 g/mol. The van der Waals surface area contributed by atoms with Crippen LogP contribution in [0.1, 0.15) is 40.0 Å². The van der Waals surface area contributed by atoms with Gasteiger partial charge in [0.05, 0.1) is 26.3 Å². The van der Waals surface area contributed by atoms with Gasteiger partial charge in [-0.2, -0.15) is 0 Å². The van der Waals surface area contributed by atoms with Crippen molar-refractivity contribution in [3.05, 3.63) is 45.6 Å². The first-order chi connectivity index (χ1) is 13.4. The largest absolute Gasteiger partial charge is 0.493 e. The molecule has 1 aromatic heterocycles. The zero-order valence-electron chi connectivity index (χ0n) is 16.1. The lowest BCUT2D eigenvalue weighted by molar-refractivity contribution is -0.126. The number of hydrogen-bond donors (Lipinski definition) is 1.